The second-order valence-electron chi connectivity index (χ2n) is 5.61. The summed E-state index contributed by atoms with van der Waals surface area (Å²) in [7, 11) is 0. The van der Waals surface area contributed by atoms with Crippen LogP contribution in [0.4, 0.5) is 5.69 Å². The number of hydrogen-bond acceptors (Lipinski definition) is 2. The Bertz CT molecular complexity index is 467. The Balaban J connectivity index is 1.95. The number of nitrogens with one attached hydrogen (secondary N) is 1. The van der Waals surface area contributed by atoms with Crippen molar-refractivity contribution in [2.24, 2.45) is 5.73 Å². The van der Waals surface area contributed by atoms with Gasteiger partial charge in [0.05, 0.1) is 0 Å². The predicted octanol–water partition coefficient (Wildman–Crippen LogP) is 3.64. The summed E-state index contributed by atoms with van der Waals surface area (Å²) < 4.78 is 0. The summed E-state index contributed by atoms with van der Waals surface area (Å²) in [5.41, 5.74) is 7.70. The van der Waals surface area contributed by atoms with Gasteiger partial charge in [0.1, 0.15) is 0 Å². The van der Waals surface area contributed by atoms with E-state index in [1.165, 1.54) is 6.42 Å². The van der Waals surface area contributed by atoms with Gasteiger partial charge in [-0.2, -0.15) is 0 Å². The van der Waals surface area contributed by atoms with Gasteiger partial charge in [-0.3, -0.25) is 4.79 Å². The molecule has 0 atom stereocenters. The van der Waals surface area contributed by atoms with Crippen molar-refractivity contribution in [1.82, 2.24) is 0 Å². The summed E-state index contributed by atoms with van der Waals surface area (Å²) in [5.74, 6) is -0.0238. The van der Waals surface area contributed by atoms with E-state index in [1.54, 1.807) is 6.07 Å². The second kappa shape index (κ2) is 5.93. The van der Waals surface area contributed by atoms with Crippen molar-refractivity contribution in [2.45, 2.75) is 51.0 Å². The van der Waals surface area contributed by atoms with Crippen LogP contribution in [0.1, 0.15) is 44.1 Å². The molecule has 3 nitrogen and oxygen atoms in total. The van der Waals surface area contributed by atoms with Crippen LogP contribution >= 0.6 is 11.6 Å². The third-order valence-electron chi connectivity index (χ3n) is 3.82. The van der Waals surface area contributed by atoms with E-state index in [0.717, 1.165) is 36.9 Å². The normalized spacial score (nSPS) is 18.1. The van der Waals surface area contributed by atoms with Crippen LogP contribution in [0.3, 0.4) is 0 Å². The molecule has 1 fully saturated rings. The molecular formula is C15H21ClN2O. The Labute approximate surface area is 119 Å². The van der Waals surface area contributed by atoms with Crippen molar-refractivity contribution in [3.8, 4) is 0 Å². The van der Waals surface area contributed by atoms with E-state index >= 15 is 0 Å². The minimum absolute atomic E-state index is 0.0238. The number of carbonyl (C=O) groups is 1. The van der Waals surface area contributed by atoms with Crippen molar-refractivity contribution < 1.29 is 4.79 Å². The van der Waals surface area contributed by atoms with E-state index in [-0.39, 0.29) is 11.4 Å². The number of nitrogens with two attached hydrogens (primary N) is 1. The summed E-state index contributed by atoms with van der Waals surface area (Å²) in [6.07, 6.45) is 5.75. The van der Waals surface area contributed by atoms with Gasteiger partial charge in [-0.1, -0.05) is 36.9 Å². The Kier molecular flexibility index (Phi) is 4.48. The molecule has 1 aromatic carbocycles. The number of carbonyl (C=O) groups excluding carboxylic acids is 1. The van der Waals surface area contributed by atoms with Gasteiger partial charge in [0.2, 0.25) is 5.91 Å². The minimum atomic E-state index is -0.323. The molecular weight excluding hydrogens is 260 g/mol. The molecule has 1 saturated carbocycles. The Hall–Kier alpha value is -1.06. The molecule has 1 aliphatic carbocycles. The quantitative estimate of drug-likeness (QED) is 0.888. The predicted molar refractivity (Wildman–Crippen MR) is 79.4 cm³/mol. The van der Waals surface area contributed by atoms with Crippen LogP contribution in [0.15, 0.2) is 18.2 Å². The van der Waals surface area contributed by atoms with Crippen LogP contribution in [-0.4, -0.2) is 11.4 Å². The molecule has 0 aromatic heterocycles. The number of amides is 1. The van der Waals surface area contributed by atoms with E-state index in [1.807, 2.05) is 19.1 Å². The van der Waals surface area contributed by atoms with Crippen molar-refractivity contribution in [3.05, 3.63) is 28.8 Å². The highest BCUT2D eigenvalue weighted by atomic mass is 35.5. The van der Waals surface area contributed by atoms with Gasteiger partial charge >= 0.3 is 0 Å². The summed E-state index contributed by atoms with van der Waals surface area (Å²) in [6, 6.07) is 5.54. The molecule has 104 valence electrons. The van der Waals surface area contributed by atoms with Crippen LogP contribution in [0, 0.1) is 6.92 Å². The molecule has 19 heavy (non-hydrogen) atoms. The van der Waals surface area contributed by atoms with Gasteiger partial charge in [-0.05, 0) is 37.5 Å². The zero-order chi connectivity index (χ0) is 13.9. The Morgan fingerprint density at radius 2 is 2.05 bits per heavy atom. The SMILES string of the molecule is Cc1ccc(NC(=O)CC2(N)CCCCC2)cc1Cl. The third kappa shape index (κ3) is 3.95. The molecule has 0 bridgehead atoms. The third-order valence-corrected chi connectivity index (χ3v) is 4.22. The van der Waals surface area contributed by atoms with Gasteiger partial charge in [0.25, 0.3) is 0 Å². The monoisotopic (exact) mass is 280 g/mol. The van der Waals surface area contributed by atoms with Crippen LogP contribution in [0.5, 0.6) is 0 Å². The highest BCUT2D eigenvalue weighted by Gasteiger charge is 2.29. The molecule has 4 heteroatoms. The fraction of sp³-hybridized carbons (Fsp3) is 0.533. The maximum Gasteiger partial charge on any atom is 0.226 e. The van der Waals surface area contributed by atoms with Crippen LogP contribution in [0.2, 0.25) is 5.02 Å². The first kappa shape index (κ1) is 14.4. The number of hydrogen-bond donors (Lipinski definition) is 2. The molecule has 0 aliphatic heterocycles. The Morgan fingerprint density at radius 3 is 2.68 bits per heavy atom. The van der Waals surface area contributed by atoms with Crippen LogP contribution in [0.25, 0.3) is 0 Å². The zero-order valence-corrected chi connectivity index (χ0v) is 12.1. The molecule has 1 aromatic rings. The maximum atomic E-state index is 12.0. The van der Waals surface area contributed by atoms with Gasteiger partial charge in [0.15, 0.2) is 0 Å². The molecule has 0 spiro atoms. The zero-order valence-electron chi connectivity index (χ0n) is 11.3. The first-order valence-corrected chi connectivity index (χ1v) is 7.21. The molecule has 1 amide bonds. The standard InChI is InChI=1S/C15H21ClN2O/c1-11-5-6-12(9-13(11)16)18-14(19)10-15(17)7-3-2-4-8-15/h5-6,9H,2-4,7-8,10,17H2,1H3,(H,18,19). The van der Waals surface area contributed by atoms with Gasteiger partial charge in [-0.15, -0.1) is 0 Å². The smallest absolute Gasteiger partial charge is 0.226 e. The fourth-order valence-electron chi connectivity index (χ4n) is 2.63. The molecule has 0 radical (unpaired) electrons. The summed E-state index contributed by atoms with van der Waals surface area (Å²) >= 11 is 6.04. The number of benzene rings is 1. The van der Waals surface area contributed by atoms with Gasteiger partial charge in [-0.25, -0.2) is 0 Å². The number of halogens is 1. The van der Waals surface area contributed by atoms with E-state index in [2.05, 4.69) is 5.32 Å². The minimum Gasteiger partial charge on any atom is -0.326 e. The van der Waals surface area contributed by atoms with Crippen LogP contribution in [-0.2, 0) is 4.79 Å². The number of rotatable bonds is 3. The van der Waals surface area contributed by atoms with E-state index in [0.29, 0.717) is 11.4 Å². The fourth-order valence-corrected chi connectivity index (χ4v) is 2.81. The molecule has 0 saturated heterocycles. The molecule has 1 aliphatic rings. The number of anilines is 1. The lowest BCUT2D eigenvalue weighted by atomic mass is 9.80. The second-order valence-corrected chi connectivity index (χ2v) is 6.02. The molecule has 0 heterocycles. The lowest BCUT2D eigenvalue weighted by molar-refractivity contribution is -0.117. The Morgan fingerprint density at radius 1 is 1.37 bits per heavy atom. The molecule has 2 rings (SSSR count). The first-order chi connectivity index (χ1) is 8.98. The first-order valence-electron chi connectivity index (χ1n) is 6.83. The number of aryl methyl sites for hydroxylation is 1. The van der Waals surface area contributed by atoms with Crippen molar-refractivity contribution >= 4 is 23.2 Å². The highest BCUT2D eigenvalue weighted by Crippen LogP contribution is 2.29. The van der Waals surface area contributed by atoms with Crippen molar-refractivity contribution in [3.63, 3.8) is 0 Å². The topological polar surface area (TPSA) is 55.1 Å². The molecule has 3 N–H and O–H groups in total. The van der Waals surface area contributed by atoms with Crippen molar-refractivity contribution in [2.75, 3.05) is 5.32 Å². The van der Waals surface area contributed by atoms with E-state index < -0.39 is 0 Å². The lowest BCUT2D eigenvalue weighted by Crippen LogP contribution is -2.44. The van der Waals surface area contributed by atoms with E-state index in [9.17, 15) is 4.79 Å². The average Bonchev–Trinajstić information content (AvgIpc) is 2.34. The van der Waals surface area contributed by atoms with Crippen LogP contribution < -0.4 is 11.1 Å². The summed E-state index contributed by atoms with van der Waals surface area (Å²) in [5, 5.41) is 3.54. The summed E-state index contributed by atoms with van der Waals surface area (Å²) in [4.78, 5) is 12.0. The average molecular weight is 281 g/mol. The molecule has 0 unspecified atom stereocenters. The van der Waals surface area contributed by atoms with E-state index in [4.69, 9.17) is 17.3 Å². The van der Waals surface area contributed by atoms with Gasteiger partial charge in [0, 0.05) is 22.7 Å². The lowest BCUT2D eigenvalue weighted by Gasteiger charge is -2.32. The maximum absolute atomic E-state index is 12.0. The summed E-state index contributed by atoms with van der Waals surface area (Å²) in [6.45, 7) is 1.94. The highest BCUT2D eigenvalue weighted by molar-refractivity contribution is 6.31. The largest absolute Gasteiger partial charge is 0.326 e. The van der Waals surface area contributed by atoms with Crippen molar-refractivity contribution in [1.29, 1.82) is 0 Å². The van der Waals surface area contributed by atoms with Gasteiger partial charge < -0.3 is 11.1 Å².